The minimum Gasteiger partial charge on any atom is -0.465 e. The van der Waals surface area contributed by atoms with Crippen LogP contribution in [0, 0.1) is 0 Å². The van der Waals surface area contributed by atoms with Gasteiger partial charge in [-0.05, 0) is 94.2 Å². The second-order valence-electron chi connectivity index (χ2n) is 12.1. The van der Waals surface area contributed by atoms with Gasteiger partial charge in [0.05, 0.1) is 5.69 Å². The number of likely N-dealkylation sites (tertiary alicyclic amines) is 1. The van der Waals surface area contributed by atoms with Gasteiger partial charge in [0.1, 0.15) is 6.04 Å². The number of para-hydroxylation sites is 1. The predicted octanol–water partition coefficient (Wildman–Crippen LogP) is 5.26. The van der Waals surface area contributed by atoms with Crippen LogP contribution in [-0.4, -0.2) is 104 Å². The zero-order valence-electron chi connectivity index (χ0n) is 27.5. The van der Waals surface area contributed by atoms with Crippen LogP contribution in [-0.2, 0) is 4.79 Å². The van der Waals surface area contributed by atoms with Crippen molar-refractivity contribution in [3.05, 3.63) is 83.9 Å². The molecular weight excluding hydrogens is 580 g/mol. The second kappa shape index (κ2) is 16.8. The molecule has 3 aromatic rings. The van der Waals surface area contributed by atoms with Crippen molar-refractivity contribution >= 4 is 29.3 Å². The van der Waals surface area contributed by atoms with E-state index in [2.05, 4.69) is 20.9 Å². The molecule has 1 fully saturated rings. The van der Waals surface area contributed by atoms with Crippen molar-refractivity contribution in [2.24, 2.45) is 0 Å². The van der Waals surface area contributed by atoms with E-state index in [1.54, 1.807) is 21.9 Å². The second-order valence-corrected chi connectivity index (χ2v) is 12.1. The highest BCUT2D eigenvalue weighted by Crippen LogP contribution is 2.39. The molecule has 4 N–H and O–H groups in total. The van der Waals surface area contributed by atoms with Crippen molar-refractivity contribution in [2.75, 3.05) is 71.0 Å². The smallest absolute Gasteiger partial charge is 0.409 e. The van der Waals surface area contributed by atoms with E-state index in [9.17, 15) is 19.5 Å². The first kappa shape index (κ1) is 34.5. The SMILES string of the molecule is CNCCCN(C)C(=O)c1ccc(NC(C)C(=O)N(C)CCN2CCC(c3cccc(-c4ccccc4)c3NC(=O)O)CC2)cc1. The fourth-order valence-electron chi connectivity index (χ4n) is 6.05. The van der Waals surface area contributed by atoms with E-state index in [1.165, 1.54) is 0 Å². The molecule has 1 saturated heterocycles. The molecule has 0 saturated carbocycles. The average molecular weight is 629 g/mol. The highest BCUT2D eigenvalue weighted by molar-refractivity contribution is 5.94. The summed E-state index contributed by atoms with van der Waals surface area (Å²) in [5, 5.41) is 18.6. The maximum absolute atomic E-state index is 13.1. The van der Waals surface area contributed by atoms with E-state index < -0.39 is 12.1 Å². The first-order valence-corrected chi connectivity index (χ1v) is 16.1. The zero-order chi connectivity index (χ0) is 33.1. The van der Waals surface area contributed by atoms with Gasteiger partial charge in [-0.1, -0.05) is 48.5 Å². The van der Waals surface area contributed by atoms with Crippen LogP contribution in [0.15, 0.2) is 72.8 Å². The van der Waals surface area contributed by atoms with Crippen LogP contribution in [0.2, 0.25) is 0 Å². The molecule has 246 valence electrons. The van der Waals surface area contributed by atoms with Gasteiger partial charge in [-0.25, -0.2) is 4.79 Å². The molecule has 46 heavy (non-hydrogen) atoms. The predicted molar refractivity (Wildman–Crippen MR) is 185 cm³/mol. The summed E-state index contributed by atoms with van der Waals surface area (Å²) in [5.41, 5.74) is 4.98. The maximum atomic E-state index is 13.1. The molecule has 1 heterocycles. The third-order valence-electron chi connectivity index (χ3n) is 8.72. The number of amides is 3. The topological polar surface area (TPSA) is 117 Å². The Morgan fingerprint density at radius 2 is 1.61 bits per heavy atom. The minimum atomic E-state index is -1.07. The quantitative estimate of drug-likeness (QED) is 0.180. The van der Waals surface area contributed by atoms with Gasteiger partial charge in [0, 0.05) is 50.5 Å². The number of piperidine rings is 1. The van der Waals surface area contributed by atoms with Gasteiger partial charge in [0.25, 0.3) is 5.91 Å². The molecule has 10 nitrogen and oxygen atoms in total. The monoisotopic (exact) mass is 628 g/mol. The van der Waals surface area contributed by atoms with Crippen LogP contribution in [0.3, 0.4) is 0 Å². The first-order chi connectivity index (χ1) is 22.2. The van der Waals surface area contributed by atoms with Crippen molar-refractivity contribution in [1.29, 1.82) is 0 Å². The van der Waals surface area contributed by atoms with Crippen LogP contribution >= 0.6 is 0 Å². The molecule has 10 heteroatoms. The summed E-state index contributed by atoms with van der Waals surface area (Å²) in [6.45, 7) is 6.52. The van der Waals surface area contributed by atoms with Crippen molar-refractivity contribution in [1.82, 2.24) is 20.0 Å². The van der Waals surface area contributed by atoms with Crippen molar-refractivity contribution < 1.29 is 19.5 Å². The normalized spacial score (nSPS) is 14.3. The summed E-state index contributed by atoms with van der Waals surface area (Å²) in [7, 11) is 5.54. The van der Waals surface area contributed by atoms with E-state index in [4.69, 9.17) is 0 Å². The van der Waals surface area contributed by atoms with Gasteiger partial charge in [0.15, 0.2) is 0 Å². The van der Waals surface area contributed by atoms with Gasteiger partial charge >= 0.3 is 6.09 Å². The van der Waals surface area contributed by atoms with Gasteiger partial charge < -0.3 is 30.4 Å². The number of anilines is 2. The summed E-state index contributed by atoms with van der Waals surface area (Å²) >= 11 is 0. The van der Waals surface area contributed by atoms with Crippen LogP contribution in [0.5, 0.6) is 0 Å². The van der Waals surface area contributed by atoms with E-state index in [0.29, 0.717) is 24.3 Å². The van der Waals surface area contributed by atoms with Crippen LogP contribution in [0.25, 0.3) is 11.1 Å². The van der Waals surface area contributed by atoms with Crippen LogP contribution in [0.1, 0.15) is 48.0 Å². The first-order valence-electron chi connectivity index (χ1n) is 16.1. The summed E-state index contributed by atoms with van der Waals surface area (Å²) < 4.78 is 0. The Hall–Kier alpha value is -4.41. The Balaban J connectivity index is 1.26. The van der Waals surface area contributed by atoms with Crippen molar-refractivity contribution in [3.63, 3.8) is 0 Å². The van der Waals surface area contributed by atoms with Gasteiger partial charge in [-0.15, -0.1) is 0 Å². The van der Waals surface area contributed by atoms with E-state index >= 15 is 0 Å². The van der Waals surface area contributed by atoms with Gasteiger partial charge in [-0.3, -0.25) is 14.9 Å². The molecule has 0 bridgehead atoms. The van der Waals surface area contributed by atoms with Gasteiger partial charge in [0.2, 0.25) is 5.91 Å². The Bertz CT molecular complexity index is 1440. The Morgan fingerprint density at radius 1 is 0.913 bits per heavy atom. The summed E-state index contributed by atoms with van der Waals surface area (Å²) in [6.07, 6.45) is 1.64. The molecule has 0 radical (unpaired) electrons. The Morgan fingerprint density at radius 3 is 2.26 bits per heavy atom. The number of nitrogens with zero attached hydrogens (tertiary/aromatic N) is 3. The number of likely N-dealkylation sites (N-methyl/N-ethyl adjacent to an activating group) is 1. The molecule has 1 unspecified atom stereocenters. The fourth-order valence-corrected chi connectivity index (χ4v) is 6.05. The molecule has 4 rings (SSSR count). The van der Waals surface area contributed by atoms with E-state index in [-0.39, 0.29) is 17.7 Å². The van der Waals surface area contributed by atoms with Crippen LogP contribution < -0.4 is 16.0 Å². The lowest BCUT2D eigenvalue weighted by atomic mass is 9.86. The van der Waals surface area contributed by atoms with Crippen molar-refractivity contribution in [3.8, 4) is 11.1 Å². The molecule has 1 aliphatic heterocycles. The summed E-state index contributed by atoms with van der Waals surface area (Å²) in [5.74, 6) is 0.223. The fraction of sp³-hybridized carbons (Fsp3) is 0.417. The van der Waals surface area contributed by atoms with Gasteiger partial charge in [-0.2, -0.15) is 0 Å². The molecule has 0 spiro atoms. The molecule has 0 aliphatic carbocycles. The van der Waals surface area contributed by atoms with E-state index in [0.717, 1.165) is 67.8 Å². The minimum absolute atomic E-state index is 0.00131. The lowest BCUT2D eigenvalue weighted by Gasteiger charge is -2.34. The molecule has 1 aliphatic rings. The summed E-state index contributed by atoms with van der Waals surface area (Å²) in [4.78, 5) is 43.4. The summed E-state index contributed by atoms with van der Waals surface area (Å²) in [6, 6.07) is 22.7. The number of carboxylic acid groups (broad SMARTS) is 1. The average Bonchev–Trinajstić information content (AvgIpc) is 3.07. The highest BCUT2D eigenvalue weighted by atomic mass is 16.4. The Labute approximate surface area is 272 Å². The number of benzene rings is 3. The zero-order valence-corrected chi connectivity index (χ0v) is 27.5. The lowest BCUT2D eigenvalue weighted by Crippen LogP contribution is -2.44. The molecule has 1 atom stereocenters. The van der Waals surface area contributed by atoms with Crippen LogP contribution in [0.4, 0.5) is 16.2 Å². The number of rotatable bonds is 14. The number of carbonyl (C=O) groups excluding carboxylic acids is 2. The Kier molecular flexibility index (Phi) is 12.6. The number of carbonyl (C=O) groups is 3. The number of hydrogen-bond donors (Lipinski definition) is 4. The molecule has 0 aromatic heterocycles. The standard InChI is InChI=1S/C36H48N6O4/c1-26(38-30-16-14-29(15-17-30)35(44)40(3)21-9-20-37-2)34(43)41(4)24-25-42-22-18-28(19-23-42)32-13-8-12-31(33(32)39-36(45)46)27-10-6-5-7-11-27/h5-8,10-17,26,28,37-39H,9,18-25H2,1-4H3,(H,45,46). The van der Waals surface area contributed by atoms with Crippen molar-refractivity contribution in [2.45, 2.75) is 38.1 Å². The third kappa shape index (κ3) is 9.31. The third-order valence-corrected chi connectivity index (χ3v) is 8.72. The largest absolute Gasteiger partial charge is 0.465 e. The molecular formula is C36H48N6O4. The number of hydrogen-bond acceptors (Lipinski definition) is 6. The molecule has 3 aromatic carbocycles. The highest BCUT2D eigenvalue weighted by Gasteiger charge is 2.26. The van der Waals surface area contributed by atoms with E-state index in [1.807, 2.05) is 88.7 Å². The number of nitrogens with one attached hydrogen (secondary N) is 3. The lowest BCUT2D eigenvalue weighted by molar-refractivity contribution is -0.130. The maximum Gasteiger partial charge on any atom is 0.409 e. The molecule has 3 amide bonds.